The molecule has 150 valence electrons. The summed E-state index contributed by atoms with van der Waals surface area (Å²) >= 11 is 0. The fraction of sp³-hybridized carbons (Fsp3) is 0.600. The van der Waals surface area contributed by atoms with E-state index < -0.39 is 0 Å². The van der Waals surface area contributed by atoms with Gasteiger partial charge in [-0.05, 0) is 45.4 Å². The number of hydrogen-bond acceptors (Lipinski definition) is 5. The summed E-state index contributed by atoms with van der Waals surface area (Å²) in [6, 6.07) is 5.29. The number of benzene rings is 1. The number of methoxy groups -OCH3 is 1. The number of hydrogen-bond donors (Lipinski definition) is 1. The van der Waals surface area contributed by atoms with E-state index in [0.29, 0.717) is 49.8 Å². The van der Waals surface area contributed by atoms with Crippen molar-refractivity contribution in [1.82, 2.24) is 15.1 Å². The van der Waals surface area contributed by atoms with E-state index in [0.717, 1.165) is 13.0 Å². The third-order valence-corrected chi connectivity index (χ3v) is 4.39. The fourth-order valence-corrected chi connectivity index (χ4v) is 3.12. The Labute approximate surface area is 161 Å². The van der Waals surface area contributed by atoms with Crippen LogP contribution in [0.2, 0.25) is 0 Å². The largest absolute Gasteiger partial charge is 0.493 e. The molecule has 0 bridgehead atoms. The minimum atomic E-state index is -0.0238. The Balaban J connectivity index is 2.02. The molecule has 0 aromatic heterocycles. The molecule has 2 amide bonds. The standard InChI is InChI=1S/C20H31N3O4/c1-5-21-19(24)14-22-9-6-10-23(12-11-22)20(25)16-7-8-17(27-15(2)3)18(13-16)26-4/h7-8,13,15H,5-6,9-12,14H2,1-4H3,(H,21,24). The molecule has 0 radical (unpaired) electrons. The van der Waals surface area contributed by atoms with Gasteiger partial charge >= 0.3 is 0 Å². The average molecular weight is 377 g/mol. The monoisotopic (exact) mass is 377 g/mol. The number of amides is 2. The van der Waals surface area contributed by atoms with Crippen LogP contribution in [0, 0.1) is 0 Å². The highest BCUT2D eigenvalue weighted by atomic mass is 16.5. The van der Waals surface area contributed by atoms with Crippen LogP contribution in [0.3, 0.4) is 0 Å². The van der Waals surface area contributed by atoms with Crippen molar-refractivity contribution in [3.8, 4) is 11.5 Å². The molecule has 1 heterocycles. The number of nitrogens with one attached hydrogen (secondary N) is 1. The molecule has 1 N–H and O–H groups in total. The van der Waals surface area contributed by atoms with Gasteiger partial charge < -0.3 is 19.7 Å². The molecule has 1 aromatic carbocycles. The Bertz CT molecular complexity index is 648. The number of nitrogens with zero attached hydrogens (tertiary/aromatic N) is 2. The molecule has 0 saturated carbocycles. The second kappa shape index (κ2) is 10.2. The molecule has 7 nitrogen and oxygen atoms in total. The number of rotatable bonds is 7. The average Bonchev–Trinajstić information content (AvgIpc) is 2.86. The lowest BCUT2D eigenvalue weighted by Crippen LogP contribution is -2.40. The van der Waals surface area contributed by atoms with Gasteiger partial charge in [-0.2, -0.15) is 0 Å². The van der Waals surface area contributed by atoms with Crippen LogP contribution in [-0.2, 0) is 4.79 Å². The number of likely N-dealkylation sites (N-methyl/N-ethyl adjacent to an activating group) is 1. The van der Waals surface area contributed by atoms with Crippen LogP contribution < -0.4 is 14.8 Å². The van der Waals surface area contributed by atoms with E-state index in [9.17, 15) is 9.59 Å². The normalized spacial score (nSPS) is 15.4. The summed E-state index contributed by atoms with van der Waals surface area (Å²) in [4.78, 5) is 28.6. The Morgan fingerprint density at radius 2 is 1.93 bits per heavy atom. The summed E-state index contributed by atoms with van der Waals surface area (Å²) in [6.45, 7) is 9.60. The van der Waals surface area contributed by atoms with E-state index in [1.54, 1.807) is 25.3 Å². The first-order chi connectivity index (χ1) is 12.9. The molecule has 2 rings (SSSR count). The molecule has 7 heteroatoms. The lowest BCUT2D eigenvalue weighted by Gasteiger charge is -2.22. The van der Waals surface area contributed by atoms with Crippen molar-refractivity contribution in [2.75, 3.05) is 46.4 Å². The molecule has 1 fully saturated rings. The first kappa shape index (κ1) is 21.0. The Morgan fingerprint density at radius 1 is 1.15 bits per heavy atom. The van der Waals surface area contributed by atoms with Crippen molar-refractivity contribution in [3.63, 3.8) is 0 Å². The van der Waals surface area contributed by atoms with Gasteiger partial charge in [0.2, 0.25) is 5.91 Å². The second-order valence-electron chi connectivity index (χ2n) is 6.91. The summed E-state index contributed by atoms with van der Waals surface area (Å²) in [5, 5.41) is 2.82. The molecule has 0 aliphatic carbocycles. The van der Waals surface area contributed by atoms with E-state index in [1.165, 1.54) is 0 Å². The second-order valence-corrected chi connectivity index (χ2v) is 6.91. The van der Waals surface area contributed by atoms with E-state index in [1.807, 2.05) is 25.7 Å². The van der Waals surface area contributed by atoms with Crippen molar-refractivity contribution >= 4 is 11.8 Å². The molecule has 0 unspecified atom stereocenters. The van der Waals surface area contributed by atoms with Crippen LogP contribution in [-0.4, -0.2) is 74.1 Å². The van der Waals surface area contributed by atoms with E-state index in [-0.39, 0.29) is 17.9 Å². The minimum Gasteiger partial charge on any atom is -0.493 e. The molecule has 0 atom stereocenters. The van der Waals surface area contributed by atoms with Gasteiger partial charge in [0.15, 0.2) is 11.5 Å². The predicted octanol–water partition coefficient (Wildman–Crippen LogP) is 1.77. The van der Waals surface area contributed by atoms with Gasteiger partial charge in [0.25, 0.3) is 5.91 Å². The molecule has 27 heavy (non-hydrogen) atoms. The highest BCUT2D eigenvalue weighted by Crippen LogP contribution is 2.29. The summed E-state index contributed by atoms with van der Waals surface area (Å²) in [7, 11) is 1.57. The van der Waals surface area contributed by atoms with Gasteiger partial charge in [0, 0.05) is 38.3 Å². The maximum atomic E-state index is 12.9. The smallest absolute Gasteiger partial charge is 0.254 e. The topological polar surface area (TPSA) is 71.1 Å². The molecule has 0 spiro atoms. The Hall–Kier alpha value is -2.28. The number of ether oxygens (including phenoxy) is 2. The molecule has 1 aromatic rings. The zero-order valence-corrected chi connectivity index (χ0v) is 16.8. The molecular weight excluding hydrogens is 346 g/mol. The van der Waals surface area contributed by atoms with Gasteiger partial charge in [-0.3, -0.25) is 14.5 Å². The van der Waals surface area contributed by atoms with Crippen molar-refractivity contribution in [2.45, 2.75) is 33.3 Å². The maximum Gasteiger partial charge on any atom is 0.254 e. The number of carbonyl (C=O) groups excluding carboxylic acids is 2. The Morgan fingerprint density at radius 3 is 2.59 bits per heavy atom. The van der Waals surface area contributed by atoms with Crippen molar-refractivity contribution in [2.24, 2.45) is 0 Å². The third kappa shape index (κ3) is 6.13. The summed E-state index contributed by atoms with van der Waals surface area (Å²) in [5.41, 5.74) is 0.583. The van der Waals surface area contributed by atoms with Crippen molar-refractivity contribution < 1.29 is 19.1 Å². The van der Waals surface area contributed by atoms with Crippen molar-refractivity contribution in [3.05, 3.63) is 23.8 Å². The molecule has 1 aliphatic rings. The van der Waals surface area contributed by atoms with Crippen LogP contribution in [0.25, 0.3) is 0 Å². The zero-order valence-electron chi connectivity index (χ0n) is 16.8. The summed E-state index contributed by atoms with van der Waals surface area (Å²) < 4.78 is 11.1. The van der Waals surface area contributed by atoms with Gasteiger partial charge in [0.05, 0.1) is 19.8 Å². The minimum absolute atomic E-state index is 0.0238. The lowest BCUT2D eigenvalue weighted by molar-refractivity contribution is -0.122. The SMILES string of the molecule is CCNC(=O)CN1CCCN(C(=O)c2ccc(OC(C)C)c(OC)c2)CC1. The Kier molecular flexibility index (Phi) is 7.91. The summed E-state index contributed by atoms with van der Waals surface area (Å²) in [6.07, 6.45) is 0.874. The van der Waals surface area contributed by atoms with Gasteiger partial charge in [-0.15, -0.1) is 0 Å². The lowest BCUT2D eigenvalue weighted by atomic mass is 10.1. The van der Waals surface area contributed by atoms with Crippen LogP contribution in [0.4, 0.5) is 0 Å². The van der Waals surface area contributed by atoms with E-state index >= 15 is 0 Å². The van der Waals surface area contributed by atoms with Crippen molar-refractivity contribution in [1.29, 1.82) is 0 Å². The fourth-order valence-electron chi connectivity index (χ4n) is 3.12. The van der Waals surface area contributed by atoms with Crippen LogP contribution in [0.5, 0.6) is 11.5 Å². The van der Waals surface area contributed by atoms with Crippen LogP contribution >= 0.6 is 0 Å². The summed E-state index contributed by atoms with van der Waals surface area (Å²) in [5.74, 6) is 1.20. The molecule has 1 aliphatic heterocycles. The van der Waals surface area contributed by atoms with Crippen LogP contribution in [0.1, 0.15) is 37.6 Å². The van der Waals surface area contributed by atoms with Gasteiger partial charge in [0.1, 0.15) is 0 Å². The highest BCUT2D eigenvalue weighted by Gasteiger charge is 2.22. The first-order valence-electron chi connectivity index (χ1n) is 9.57. The van der Waals surface area contributed by atoms with Crippen LogP contribution in [0.15, 0.2) is 18.2 Å². The third-order valence-electron chi connectivity index (χ3n) is 4.39. The van der Waals surface area contributed by atoms with E-state index in [2.05, 4.69) is 10.2 Å². The quantitative estimate of drug-likeness (QED) is 0.784. The van der Waals surface area contributed by atoms with E-state index in [4.69, 9.17) is 9.47 Å². The maximum absolute atomic E-state index is 12.9. The zero-order chi connectivity index (χ0) is 19.8. The first-order valence-corrected chi connectivity index (χ1v) is 9.57. The molecule has 1 saturated heterocycles. The molecular formula is C20H31N3O4. The van der Waals surface area contributed by atoms with Gasteiger partial charge in [-0.25, -0.2) is 0 Å². The number of carbonyl (C=O) groups is 2. The van der Waals surface area contributed by atoms with Gasteiger partial charge in [-0.1, -0.05) is 0 Å². The predicted molar refractivity (Wildman–Crippen MR) is 104 cm³/mol. The highest BCUT2D eigenvalue weighted by molar-refractivity contribution is 5.95.